The molecule has 0 aliphatic rings. The second kappa shape index (κ2) is 5.95. The van der Waals surface area contributed by atoms with Crippen molar-refractivity contribution in [1.29, 1.82) is 0 Å². The van der Waals surface area contributed by atoms with Crippen LogP contribution in [-0.2, 0) is 0 Å². The van der Waals surface area contributed by atoms with Crippen LogP contribution in [0.5, 0.6) is 0 Å². The van der Waals surface area contributed by atoms with Gasteiger partial charge in [-0.3, -0.25) is 4.79 Å². The number of nitrogens with zero attached hydrogens (tertiary/aromatic N) is 2. The Balaban J connectivity index is 2.19. The summed E-state index contributed by atoms with van der Waals surface area (Å²) in [4.78, 5) is 20.3. The Bertz CT molecular complexity index is 834. The molecule has 2 aromatic carbocycles. The van der Waals surface area contributed by atoms with Crippen molar-refractivity contribution in [3.05, 3.63) is 71.4 Å². The van der Waals surface area contributed by atoms with Crippen molar-refractivity contribution in [2.75, 3.05) is 0 Å². The number of halogens is 1. The van der Waals surface area contributed by atoms with E-state index in [1.165, 1.54) is 0 Å². The van der Waals surface area contributed by atoms with E-state index in [9.17, 15) is 4.79 Å². The van der Waals surface area contributed by atoms with Crippen molar-refractivity contribution >= 4 is 17.5 Å². The number of benzene rings is 2. The number of nitrogens with two attached hydrogens (primary N) is 1. The van der Waals surface area contributed by atoms with Crippen molar-refractivity contribution in [1.82, 2.24) is 9.97 Å². The van der Waals surface area contributed by atoms with E-state index in [0.717, 1.165) is 11.1 Å². The standard InChI is InChI=1S/C17H12ClN3O/c18-13-8-4-7-12(9-13)14-10-15(16(19)22)21-17(20-14)11-5-2-1-3-6-11/h1-10H,(H2,19,22). The van der Waals surface area contributed by atoms with E-state index in [0.29, 0.717) is 16.5 Å². The van der Waals surface area contributed by atoms with Crippen molar-refractivity contribution in [2.45, 2.75) is 0 Å². The van der Waals surface area contributed by atoms with E-state index in [-0.39, 0.29) is 5.69 Å². The van der Waals surface area contributed by atoms with E-state index in [1.807, 2.05) is 42.5 Å². The Morgan fingerprint density at radius 3 is 2.32 bits per heavy atom. The molecule has 3 rings (SSSR count). The maximum atomic E-state index is 11.5. The Labute approximate surface area is 132 Å². The van der Waals surface area contributed by atoms with Crippen LogP contribution in [0.2, 0.25) is 5.02 Å². The zero-order valence-electron chi connectivity index (χ0n) is 11.5. The predicted molar refractivity (Wildman–Crippen MR) is 86.4 cm³/mol. The number of carbonyl (C=O) groups excluding carboxylic acids is 1. The van der Waals surface area contributed by atoms with Crippen LogP contribution in [0.1, 0.15) is 10.5 Å². The monoisotopic (exact) mass is 309 g/mol. The fraction of sp³-hybridized carbons (Fsp3) is 0. The van der Waals surface area contributed by atoms with Gasteiger partial charge < -0.3 is 5.73 Å². The van der Waals surface area contributed by atoms with Gasteiger partial charge in [-0.2, -0.15) is 0 Å². The lowest BCUT2D eigenvalue weighted by molar-refractivity contribution is 0.0995. The molecule has 0 radical (unpaired) electrons. The molecule has 0 bridgehead atoms. The normalized spacial score (nSPS) is 10.4. The van der Waals surface area contributed by atoms with Gasteiger partial charge in [0.1, 0.15) is 5.69 Å². The maximum absolute atomic E-state index is 11.5. The Morgan fingerprint density at radius 1 is 0.909 bits per heavy atom. The average molecular weight is 310 g/mol. The van der Waals surface area contributed by atoms with E-state index < -0.39 is 5.91 Å². The molecule has 4 nitrogen and oxygen atoms in total. The van der Waals surface area contributed by atoms with E-state index >= 15 is 0 Å². The number of amides is 1. The molecule has 108 valence electrons. The molecule has 0 atom stereocenters. The first-order valence-electron chi connectivity index (χ1n) is 6.64. The summed E-state index contributed by atoms with van der Waals surface area (Å²) in [5.74, 6) is -0.144. The van der Waals surface area contributed by atoms with Crippen molar-refractivity contribution in [2.24, 2.45) is 5.73 Å². The number of hydrogen-bond donors (Lipinski definition) is 1. The third-order valence-electron chi connectivity index (χ3n) is 3.13. The van der Waals surface area contributed by atoms with Gasteiger partial charge in [0.25, 0.3) is 5.91 Å². The Hall–Kier alpha value is -2.72. The minimum absolute atomic E-state index is 0.170. The van der Waals surface area contributed by atoms with Crippen LogP contribution in [-0.4, -0.2) is 15.9 Å². The summed E-state index contributed by atoms with van der Waals surface area (Å²) in [7, 11) is 0. The summed E-state index contributed by atoms with van der Waals surface area (Å²) in [5, 5.41) is 0.595. The Morgan fingerprint density at radius 2 is 1.64 bits per heavy atom. The second-order valence-corrected chi connectivity index (χ2v) is 5.14. The molecule has 0 saturated heterocycles. The lowest BCUT2D eigenvalue weighted by Crippen LogP contribution is -2.14. The summed E-state index contributed by atoms with van der Waals surface area (Å²) in [6.45, 7) is 0. The molecule has 5 heteroatoms. The van der Waals surface area contributed by atoms with Crippen molar-refractivity contribution < 1.29 is 4.79 Å². The van der Waals surface area contributed by atoms with E-state index in [1.54, 1.807) is 18.2 Å². The summed E-state index contributed by atoms with van der Waals surface area (Å²) in [6.07, 6.45) is 0. The molecule has 1 aromatic heterocycles. The topological polar surface area (TPSA) is 68.9 Å². The van der Waals surface area contributed by atoms with Gasteiger partial charge in [-0.1, -0.05) is 54.1 Å². The summed E-state index contributed by atoms with van der Waals surface area (Å²) in [6, 6.07) is 18.2. The third-order valence-corrected chi connectivity index (χ3v) is 3.37. The largest absolute Gasteiger partial charge is 0.364 e. The molecule has 0 saturated carbocycles. The second-order valence-electron chi connectivity index (χ2n) is 4.70. The molecule has 1 amide bonds. The van der Waals surface area contributed by atoms with Crippen LogP contribution >= 0.6 is 11.6 Å². The quantitative estimate of drug-likeness (QED) is 0.804. The van der Waals surface area contributed by atoms with Gasteiger partial charge in [-0.15, -0.1) is 0 Å². The number of rotatable bonds is 3. The fourth-order valence-electron chi connectivity index (χ4n) is 2.09. The van der Waals surface area contributed by atoms with Crippen LogP contribution in [0.25, 0.3) is 22.6 Å². The van der Waals surface area contributed by atoms with Gasteiger partial charge in [0.15, 0.2) is 5.82 Å². The smallest absolute Gasteiger partial charge is 0.267 e. The number of carbonyl (C=O) groups is 1. The molecular weight excluding hydrogens is 298 g/mol. The highest BCUT2D eigenvalue weighted by Gasteiger charge is 2.12. The first kappa shape index (κ1) is 14.2. The van der Waals surface area contributed by atoms with Crippen LogP contribution in [0, 0.1) is 0 Å². The minimum Gasteiger partial charge on any atom is -0.364 e. The average Bonchev–Trinajstić information content (AvgIpc) is 2.55. The summed E-state index contributed by atoms with van der Waals surface area (Å²) >= 11 is 6.02. The Kier molecular flexibility index (Phi) is 3.85. The molecular formula is C17H12ClN3O. The highest BCUT2D eigenvalue weighted by Crippen LogP contribution is 2.24. The lowest BCUT2D eigenvalue weighted by atomic mass is 10.1. The zero-order valence-corrected chi connectivity index (χ0v) is 12.3. The minimum atomic E-state index is -0.595. The van der Waals surface area contributed by atoms with Gasteiger partial charge >= 0.3 is 0 Å². The molecule has 22 heavy (non-hydrogen) atoms. The first-order chi connectivity index (χ1) is 10.6. The first-order valence-corrected chi connectivity index (χ1v) is 7.01. The molecule has 0 fully saturated rings. The SMILES string of the molecule is NC(=O)c1cc(-c2cccc(Cl)c2)nc(-c2ccccc2)n1. The van der Waals surface area contributed by atoms with Gasteiger partial charge in [-0.25, -0.2) is 9.97 Å². The van der Waals surface area contributed by atoms with Crippen molar-refractivity contribution in [3.8, 4) is 22.6 Å². The fourth-order valence-corrected chi connectivity index (χ4v) is 2.28. The van der Waals surface area contributed by atoms with Gasteiger partial charge in [0, 0.05) is 16.1 Å². The summed E-state index contributed by atoms with van der Waals surface area (Å²) in [5.41, 5.74) is 7.77. The van der Waals surface area contributed by atoms with Crippen LogP contribution < -0.4 is 5.73 Å². The van der Waals surface area contributed by atoms with Crippen LogP contribution in [0.3, 0.4) is 0 Å². The van der Waals surface area contributed by atoms with Crippen LogP contribution in [0.4, 0.5) is 0 Å². The van der Waals surface area contributed by atoms with Gasteiger partial charge in [-0.05, 0) is 18.2 Å². The molecule has 0 unspecified atom stereocenters. The predicted octanol–water partition coefficient (Wildman–Crippen LogP) is 3.56. The number of primary amides is 1. The molecule has 3 aromatic rings. The van der Waals surface area contributed by atoms with Crippen molar-refractivity contribution in [3.63, 3.8) is 0 Å². The highest BCUT2D eigenvalue weighted by atomic mass is 35.5. The molecule has 1 heterocycles. The highest BCUT2D eigenvalue weighted by molar-refractivity contribution is 6.30. The zero-order chi connectivity index (χ0) is 15.5. The molecule has 0 spiro atoms. The molecule has 0 aliphatic carbocycles. The maximum Gasteiger partial charge on any atom is 0.267 e. The number of aromatic nitrogens is 2. The lowest BCUT2D eigenvalue weighted by Gasteiger charge is -2.07. The van der Waals surface area contributed by atoms with Gasteiger partial charge in [0.2, 0.25) is 0 Å². The number of hydrogen-bond acceptors (Lipinski definition) is 3. The van der Waals surface area contributed by atoms with E-state index in [4.69, 9.17) is 17.3 Å². The summed E-state index contributed by atoms with van der Waals surface area (Å²) < 4.78 is 0. The van der Waals surface area contributed by atoms with E-state index in [2.05, 4.69) is 9.97 Å². The van der Waals surface area contributed by atoms with Crippen LogP contribution in [0.15, 0.2) is 60.7 Å². The van der Waals surface area contributed by atoms with Gasteiger partial charge in [0.05, 0.1) is 5.69 Å². The molecule has 2 N–H and O–H groups in total. The third kappa shape index (κ3) is 2.97. The molecule has 0 aliphatic heterocycles.